The second-order valence-corrected chi connectivity index (χ2v) is 10.3. The van der Waals surface area contributed by atoms with Crippen LogP contribution in [0, 0.1) is 0 Å². The van der Waals surface area contributed by atoms with E-state index in [1.165, 1.54) is 42.5 Å². The van der Waals surface area contributed by atoms with Crippen LogP contribution in [0.3, 0.4) is 0 Å². The fourth-order valence-corrected chi connectivity index (χ4v) is 5.60. The molecule has 0 amide bonds. The monoisotopic (exact) mass is 383 g/mol. The van der Waals surface area contributed by atoms with Gasteiger partial charge in [-0.2, -0.15) is 0 Å². The van der Waals surface area contributed by atoms with Crippen molar-refractivity contribution in [2.45, 2.75) is 62.9 Å². The van der Waals surface area contributed by atoms with Crippen molar-refractivity contribution < 1.29 is 8.42 Å². The second kappa shape index (κ2) is 7.40. The predicted octanol–water partition coefficient (Wildman–Crippen LogP) is 4.49. The topological polar surface area (TPSA) is 37.4 Å². The molecule has 4 heteroatoms. The van der Waals surface area contributed by atoms with Gasteiger partial charge in [-0.25, -0.2) is 8.42 Å². The number of nitrogens with zero attached hydrogens (tertiary/aromatic N) is 1. The van der Waals surface area contributed by atoms with E-state index in [2.05, 4.69) is 30.0 Å². The molecule has 3 nitrogen and oxygen atoms in total. The Morgan fingerprint density at radius 2 is 1.74 bits per heavy atom. The Kier molecular flexibility index (Phi) is 5.13. The molecule has 144 valence electrons. The zero-order chi connectivity index (χ0) is 19.0. The molecule has 0 N–H and O–H groups in total. The molecule has 0 radical (unpaired) electrons. The predicted molar refractivity (Wildman–Crippen MR) is 111 cm³/mol. The van der Waals surface area contributed by atoms with Crippen molar-refractivity contribution in [2.24, 2.45) is 0 Å². The summed E-state index contributed by atoms with van der Waals surface area (Å²) in [5.41, 5.74) is 5.21. The number of hydrogen-bond donors (Lipinski definition) is 0. The van der Waals surface area contributed by atoms with Crippen molar-refractivity contribution in [2.75, 3.05) is 12.3 Å². The number of rotatable bonds is 4. The molecule has 0 bridgehead atoms. The number of aryl methyl sites for hydroxylation is 1. The highest BCUT2D eigenvalue weighted by Gasteiger charge is 2.30. The van der Waals surface area contributed by atoms with Crippen molar-refractivity contribution in [3.63, 3.8) is 0 Å². The van der Waals surface area contributed by atoms with Crippen molar-refractivity contribution in [3.05, 3.63) is 53.6 Å². The fraction of sp³-hybridized carbons (Fsp3) is 0.478. The molecule has 4 rings (SSSR count). The average Bonchev–Trinajstić information content (AvgIpc) is 3.13. The summed E-state index contributed by atoms with van der Waals surface area (Å²) in [6.45, 7) is 5.31. The number of benzene rings is 2. The SMILES string of the molecule is CCS(=O)(=O)c1ccc(-c2ccc3c(c2)CCC(N2CCCC2C)C3)cc1. The summed E-state index contributed by atoms with van der Waals surface area (Å²) < 4.78 is 24.0. The third-order valence-electron chi connectivity index (χ3n) is 6.41. The minimum absolute atomic E-state index is 0.141. The van der Waals surface area contributed by atoms with Gasteiger partial charge in [-0.3, -0.25) is 4.90 Å². The summed E-state index contributed by atoms with van der Waals surface area (Å²) in [4.78, 5) is 3.12. The first-order valence-corrected chi connectivity index (χ1v) is 11.8. The lowest BCUT2D eigenvalue weighted by molar-refractivity contribution is 0.174. The quantitative estimate of drug-likeness (QED) is 0.781. The number of sulfone groups is 1. The van der Waals surface area contributed by atoms with Crippen LogP contribution in [0.25, 0.3) is 11.1 Å². The molecular formula is C23H29NO2S. The summed E-state index contributed by atoms with van der Waals surface area (Å²) in [6, 6.07) is 15.5. The normalized spacial score (nSPS) is 23.3. The van der Waals surface area contributed by atoms with Gasteiger partial charge in [-0.05, 0) is 80.0 Å². The summed E-state index contributed by atoms with van der Waals surface area (Å²) in [5.74, 6) is 0.141. The van der Waals surface area contributed by atoms with Gasteiger partial charge in [-0.15, -0.1) is 0 Å². The van der Waals surface area contributed by atoms with Crippen LogP contribution in [-0.4, -0.2) is 37.7 Å². The molecule has 1 saturated heterocycles. The Labute approximate surface area is 163 Å². The first-order chi connectivity index (χ1) is 13.0. The Morgan fingerprint density at radius 1 is 1.00 bits per heavy atom. The zero-order valence-corrected chi connectivity index (χ0v) is 17.1. The third kappa shape index (κ3) is 3.70. The van der Waals surface area contributed by atoms with Crippen LogP contribution in [0.1, 0.15) is 44.2 Å². The smallest absolute Gasteiger partial charge is 0.178 e. The molecule has 27 heavy (non-hydrogen) atoms. The third-order valence-corrected chi connectivity index (χ3v) is 8.16. The molecular weight excluding hydrogens is 354 g/mol. The van der Waals surface area contributed by atoms with Gasteiger partial charge in [0.05, 0.1) is 10.6 Å². The number of likely N-dealkylation sites (tertiary alicyclic amines) is 1. The van der Waals surface area contributed by atoms with E-state index in [1.54, 1.807) is 19.1 Å². The Morgan fingerprint density at radius 3 is 2.41 bits per heavy atom. The molecule has 0 saturated carbocycles. The lowest BCUT2D eigenvalue weighted by Gasteiger charge is -2.35. The van der Waals surface area contributed by atoms with Gasteiger partial charge >= 0.3 is 0 Å². The highest BCUT2D eigenvalue weighted by molar-refractivity contribution is 7.91. The van der Waals surface area contributed by atoms with E-state index >= 15 is 0 Å². The average molecular weight is 384 g/mol. The minimum atomic E-state index is -3.14. The second-order valence-electron chi connectivity index (χ2n) is 8.04. The van der Waals surface area contributed by atoms with Gasteiger partial charge in [0, 0.05) is 12.1 Å². The summed E-state index contributed by atoms with van der Waals surface area (Å²) in [6.07, 6.45) is 6.22. The summed E-state index contributed by atoms with van der Waals surface area (Å²) >= 11 is 0. The Hall–Kier alpha value is -1.65. The van der Waals surface area contributed by atoms with E-state index in [0.717, 1.165) is 24.4 Å². The van der Waals surface area contributed by atoms with Crippen LogP contribution < -0.4 is 0 Å². The molecule has 1 fully saturated rings. The van der Waals surface area contributed by atoms with Gasteiger partial charge in [0.25, 0.3) is 0 Å². The maximum Gasteiger partial charge on any atom is 0.178 e. The fourth-order valence-electron chi connectivity index (χ4n) is 4.72. The van der Waals surface area contributed by atoms with Crippen molar-refractivity contribution in [3.8, 4) is 11.1 Å². The van der Waals surface area contributed by atoms with Gasteiger partial charge in [0.15, 0.2) is 9.84 Å². The summed E-state index contributed by atoms with van der Waals surface area (Å²) in [5, 5.41) is 0. The van der Waals surface area contributed by atoms with Gasteiger partial charge in [-0.1, -0.05) is 37.3 Å². The molecule has 1 aliphatic heterocycles. The molecule has 0 spiro atoms. The lowest BCUT2D eigenvalue weighted by Crippen LogP contribution is -2.41. The van der Waals surface area contributed by atoms with E-state index in [4.69, 9.17) is 0 Å². The van der Waals surface area contributed by atoms with Gasteiger partial charge in [0.2, 0.25) is 0 Å². The molecule has 1 aliphatic carbocycles. The van der Waals surface area contributed by atoms with Gasteiger partial charge in [0.1, 0.15) is 0 Å². The van der Waals surface area contributed by atoms with Gasteiger partial charge < -0.3 is 0 Å². The lowest BCUT2D eigenvalue weighted by atomic mass is 9.85. The van der Waals surface area contributed by atoms with Crippen LogP contribution in [-0.2, 0) is 22.7 Å². The maximum atomic E-state index is 12.0. The van der Waals surface area contributed by atoms with Crippen LogP contribution >= 0.6 is 0 Å². The van der Waals surface area contributed by atoms with Crippen molar-refractivity contribution >= 4 is 9.84 Å². The van der Waals surface area contributed by atoms with Crippen molar-refractivity contribution in [1.29, 1.82) is 0 Å². The highest BCUT2D eigenvalue weighted by atomic mass is 32.2. The van der Waals surface area contributed by atoms with Crippen LogP contribution in [0.15, 0.2) is 47.4 Å². The number of hydrogen-bond acceptors (Lipinski definition) is 3. The minimum Gasteiger partial charge on any atom is -0.297 e. The van der Waals surface area contributed by atoms with E-state index in [9.17, 15) is 8.42 Å². The molecule has 2 aromatic carbocycles. The van der Waals surface area contributed by atoms with E-state index in [-0.39, 0.29) is 5.75 Å². The Balaban J connectivity index is 1.54. The first-order valence-electron chi connectivity index (χ1n) is 10.2. The molecule has 2 aromatic rings. The maximum absolute atomic E-state index is 12.0. The van der Waals surface area contributed by atoms with E-state index in [0.29, 0.717) is 10.9 Å². The molecule has 1 heterocycles. The number of fused-ring (bicyclic) bond motifs is 1. The summed E-state index contributed by atoms with van der Waals surface area (Å²) in [7, 11) is -3.14. The van der Waals surface area contributed by atoms with E-state index < -0.39 is 9.84 Å². The van der Waals surface area contributed by atoms with Crippen LogP contribution in [0.5, 0.6) is 0 Å². The standard InChI is InChI=1S/C23H29NO2S/c1-3-27(25,26)23-12-9-18(10-13-23)19-6-7-21-16-22(11-8-20(21)15-19)24-14-4-5-17(24)2/h6-7,9-10,12-13,15,17,22H,3-5,8,11,14,16H2,1-2H3. The molecule has 2 unspecified atom stereocenters. The Bertz CT molecular complexity index is 918. The molecule has 0 aromatic heterocycles. The van der Waals surface area contributed by atoms with Crippen LogP contribution in [0.2, 0.25) is 0 Å². The highest BCUT2D eigenvalue weighted by Crippen LogP contribution is 2.32. The largest absolute Gasteiger partial charge is 0.297 e. The van der Waals surface area contributed by atoms with Crippen LogP contribution in [0.4, 0.5) is 0 Å². The first kappa shape index (κ1) is 18.7. The van der Waals surface area contributed by atoms with Crippen molar-refractivity contribution in [1.82, 2.24) is 4.90 Å². The molecule has 2 aliphatic rings. The zero-order valence-electron chi connectivity index (χ0n) is 16.3. The van der Waals surface area contributed by atoms with E-state index in [1.807, 2.05) is 12.1 Å². The molecule has 2 atom stereocenters.